The number of carbonyl (C=O) groups excluding carboxylic acids is 1. The van der Waals surface area contributed by atoms with E-state index in [-0.39, 0.29) is 62.1 Å². The van der Waals surface area contributed by atoms with Crippen molar-refractivity contribution < 1.29 is 39.0 Å². The maximum Gasteiger partial charge on any atom is 0.269 e. The number of aliphatic hydroxyl groups excluding tert-OH is 2. The third kappa shape index (κ3) is 9.63. The Balaban J connectivity index is 1.46. The first-order valence-electron chi connectivity index (χ1n) is 21.8. The summed E-state index contributed by atoms with van der Waals surface area (Å²) >= 11 is 0. The molecule has 0 spiro atoms. The van der Waals surface area contributed by atoms with E-state index in [1.54, 1.807) is 30.4 Å². The second kappa shape index (κ2) is 20.9. The van der Waals surface area contributed by atoms with Gasteiger partial charge in [0.1, 0.15) is 31.3 Å². The normalized spacial score (nSPS) is 23.0. The van der Waals surface area contributed by atoms with Crippen LogP contribution >= 0.6 is 0 Å². The van der Waals surface area contributed by atoms with Gasteiger partial charge in [0, 0.05) is 55.9 Å². The van der Waals surface area contributed by atoms with Gasteiger partial charge in [-0.1, -0.05) is 85.3 Å². The van der Waals surface area contributed by atoms with Crippen molar-refractivity contribution in [3.8, 4) is 11.5 Å². The second-order valence-electron chi connectivity index (χ2n) is 16.3. The van der Waals surface area contributed by atoms with Crippen LogP contribution in [0.4, 0.5) is 5.69 Å². The summed E-state index contributed by atoms with van der Waals surface area (Å²) in [5.41, 5.74) is 4.05. The van der Waals surface area contributed by atoms with E-state index in [0.29, 0.717) is 42.2 Å². The van der Waals surface area contributed by atoms with Gasteiger partial charge < -0.3 is 34.2 Å². The van der Waals surface area contributed by atoms with Crippen LogP contribution in [0.3, 0.4) is 0 Å². The Kier molecular flexibility index (Phi) is 14.9. The maximum atomic E-state index is 15.2. The summed E-state index contributed by atoms with van der Waals surface area (Å²) in [6.45, 7) is 8.68. The van der Waals surface area contributed by atoms with E-state index in [1.807, 2.05) is 59.5 Å². The van der Waals surface area contributed by atoms with Crippen LogP contribution in [-0.4, -0.2) is 77.0 Å². The molecule has 7 rings (SSSR count). The lowest BCUT2D eigenvalue weighted by atomic mass is 9.55. The Morgan fingerprint density at radius 1 is 0.968 bits per heavy atom. The molecule has 12 heteroatoms. The predicted molar refractivity (Wildman–Crippen MR) is 244 cm³/mol. The minimum Gasteiger partial charge on any atom is -0.490 e. The van der Waals surface area contributed by atoms with Crippen molar-refractivity contribution in [3.63, 3.8) is 0 Å². The van der Waals surface area contributed by atoms with Crippen molar-refractivity contribution in [3.05, 3.63) is 155 Å². The summed E-state index contributed by atoms with van der Waals surface area (Å²) in [5.74, 6) is -1.12. The standard InChI is InChI=1S/C51H57N3O9/c1-4-29-61-40-24-25-46-44(32-40)49-42(18-9-11-28-56)37(14-8-10-27-55)31-43-45(52-60-3)33-47(51(63-46,50(43)49)62-30-5-2)53(34-38-16-12-15-36-13-6-7-17-41(36)38)48(57)26-21-35-19-22-39(23-20-35)54(58)59/h4-7,12-13,15-17,19-26,31-32,37,42,47,49-50,55-56H,1-2,8-11,14,18,27-30,33-34H2,3H3/t37-,42+,47-,49+,50+,51+/m0/s1. The first-order chi connectivity index (χ1) is 30.8. The van der Waals surface area contributed by atoms with Gasteiger partial charge in [0.25, 0.3) is 5.69 Å². The summed E-state index contributed by atoms with van der Waals surface area (Å²) in [7, 11) is 1.53. The van der Waals surface area contributed by atoms with Gasteiger partial charge in [0.2, 0.25) is 11.7 Å². The third-order valence-electron chi connectivity index (χ3n) is 12.6. The quantitative estimate of drug-likeness (QED) is 0.0275. The first-order valence-corrected chi connectivity index (χ1v) is 21.8. The number of unbranched alkanes of at least 4 members (excludes halogenated alkanes) is 2. The van der Waals surface area contributed by atoms with Crippen LogP contribution in [0.2, 0.25) is 0 Å². The SMILES string of the molecule is C=CCOc1ccc2c(c1)[C@H]1[C@H](CCCCO)[C@@H](CCCCO)C=C3C(=NOC)C[C@H](N(Cc4cccc5ccccc45)C(=O)C=Cc4ccc([N+](=O)[O-])cc4)[C@@](OCC=C)(O2)[C@H]31. The van der Waals surface area contributed by atoms with E-state index in [1.165, 1.54) is 25.3 Å². The van der Waals surface area contributed by atoms with Crippen LogP contribution in [0, 0.1) is 27.9 Å². The molecule has 0 bridgehead atoms. The molecule has 1 aliphatic heterocycles. The second-order valence-corrected chi connectivity index (χ2v) is 16.3. The van der Waals surface area contributed by atoms with Gasteiger partial charge in [0.15, 0.2) is 0 Å². The zero-order valence-corrected chi connectivity index (χ0v) is 35.8. The van der Waals surface area contributed by atoms with Crippen LogP contribution < -0.4 is 9.47 Å². The Morgan fingerprint density at radius 2 is 1.71 bits per heavy atom. The molecule has 0 unspecified atom stereocenters. The van der Waals surface area contributed by atoms with E-state index < -0.39 is 22.7 Å². The number of rotatable bonds is 21. The molecule has 12 nitrogen and oxygen atoms in total. The lowest BCUT2D eigenvalue weighted by Gasteiger charge is -2.60. The maximum absolute atomic E-state index is 15.2. The summed E-state index contributed by atoms with van der Waals surface area (Å²) in [6, 6.07) is 25.3. The monoisotopic (exact) mass is 855 g/mol. The molecule has 1 heterocycles. The number of allylic oxidation sites excluding steroid dienone is 1. The molecule has 330 valence electrons. The molecule has 2 N–H and O–H groups in total. The summed E-state index contributed by atoms with van der Waals surface area (Å²) in [5, 5.41) is 38.0. The van der Waals surface area contributed by atoms with Crippen molar-refractivity contribution in [1.29, 1.82) is 0 Å². The number of fused-ring (bicyclic) bond motifs is 3. The summed E-state index contributed by atoms with van der Waals surface area (Å²) in [4.78, 5) is 33.6. The van der Waals surface area contributed by atoms with E-state index in [2.05, 4.69) is 25.3 Å². The fourth-order valence-corrected chi connectivity index (χ4v) is 9.93. The number of benzene rings is 4. The van der Waals surface area contributed by atoms with Crippen LogP contribution in [0.1, 0.15) is 67.6 Å². The highest BCUT2D eigenvalue weighted by molar-refractivity contribution is 6.03. The van der Waals surface area contributed by atoms with Crippen molar-refractivity contribution in [2.75, 3.05) is 33.5 Å². The molecule has 0 saturated heterocycles. The van der Waals surface area contributed by atoms with E-state index in [9.17, 15) is 20.3 Å². The van der Waals surface area contributed by atoms with Gasteiger partial charge >= 0.3 is 0 Å². The number of aliphatic hydroxyl groups is 2. The number of amides is 1. The predicted octanol–water partition coefficient (Wildman–Crippen LogP) is 9.32. The fourth-order valence-electron chi connectivity index (χ4n) is 9.93. The number of oxime groups is 1. The van der Waals surface area contributed by atoms with Gasteiger partial charge in [-0.25, -0.2) is 0 Å². The molecule has 1 fully saturated rings. The van der Waals surface area contributed by atoms with Crippen LogP contribution in [0.25, 0.3) is 16.8 Å². The van der Waals surface area contributed by atoms with Crippen molar-refractivity contribution in [2.24, 2.45) is 22.9 Å². The molecule has 0 aromatic heterocycles. The molecule has 6 atom stereocenters. The number of nitro groups is 1. The molecular weight excluding hydrogens is 799 g/mol. The van der Waals surface area contributed by atoms with Gasteiger partial charge in [-0.3, -0.25) is 14.9 Å². The lowest BCUT2D eigenvalue weighted by molar-refractivity contribution is -0.384. The Bertz CT molecular complexity index is 2350. The van der Waals surface area contributed by atoms with Crippen molar-refractivity contribution in [1.82, 2.24) is 4.90 Å². The molecule has 3 aliphatic rings. The highest BCUT2D eigenvalue weighted by Gasteiger charge is 2.65. The van der Waals surface area contributed by atoms with Gasteiger partial charge in [0.05, 0.1) is 23.2 Å². The highest BCUT2D eigenvalue weighted by Crippen LogP contribution is 2.62. The average Bonchev–Trinajstić information content (AvgIpc) is 3.30. The Hall–Kier alpha value is -6.08. The molecule has 1 saturated carbocycles. The lowest BCUT2D eigenvalue weighted by Crippen LogP contribution is -2.70. The van der Waals surface area contributed by atoms with E-state index in [0.717, 1.165) is 53.2 Å². The molecule has 0 radical (unpaired) electrons. The van der Waals surface area contributed by atoms with E-state index >= 15 is 4.79 Å². The Labute approximate surface area is 369 Å². The minimum atomic E-state index is -1.47. The van der Waals surface area contributed by atoms with Gasteiger partial charge in [-0.15, -0.1) is 6.58 Å². The smallest absolute Gasteiger partial charge is 0.269 e. The highest BCUT2D eigenvalue weighted by atomic mass is 16.7. The molecule has 63 heavy (non-hydrogen) atoms. The zero-order valence-electron chi connectivity index (χ0n) is 35.8. The number of hydrogen-bond donors (Lipinski definition) is 2. The van der Waals surface area contributed by atoms with Crippen LogP contribution in [0.15, 0.2) is 133 Å². The summed E-state index contributed by atoms with van der Waals surface area (Å²) in [6.07, 6.45) is 13.6. The number of nitro benzene ring substituents is 1. The van der Waals surface area contributed by atoms with Crippen molar-refractivity contribution >= 4 is 34.2 Å². The molecule has 1 amide bonds. The number of carbonyl (C=O) groups is 1. The largest absolute Gasteiger partial charge is 0.490 e. The minimum absolute atomic E-state index is 0.0415. The molecule has 4 aromatic rings. The number of hydrogen-bond acceptors (Lipinski definition) is 10. The first kappa shape index (κ1) is 45.0. The van der Waals surface area contributed by atoms with Crippen molar-refractivity contribution in [2.45, 2.75) is 69.2 Å². The summed E-state index contributed by atoms with van der Waals surface area (Å²) < 4.78 is 20.7. The zero-order chi connectivity index (χ0) is 44.3. The molecule has 2 aliphatic carbocycles. The Morgan fingerprint density at radius 3 is 2.44 bits per heavy atom. The molecule has 4 aromatic carbocycles. The topological polar surface area (TPSA) is 153 Å². The van der Waals surface area contributed by atoms with Gasteiger partial charge in [-0.2, -0.15) is 0 Å². The fraction of sp³-hybridized carbons (Fsp3) is 0.373. The van der Waals surface area contributed by atoms with Gasteiger partial charge in [-0.05, 0) is 101 Å². The number of non-ortho nitro benzene ring substituents is 1. The molecular formula is C51H57N3O9. The average molecular weight is 856 g/mol. The van der Waals surface area contributed by atoms with E-state index in [4.69, 9.17) is 24.2 Å². The van der Waals surface area contributed by atoms with Crippen LogP contribution in [-0.2, 0) is 20.9 Å². The van der Waals surface area contributed by atoms with Crippen LogP contribution in [0.5, 0.6) is 11.5 Å². The number of ether oxygens (including phenoxy) is 3. The third-order valence-corrected chi connectivity index (χ3v) is 12.6. The number of nitrogens with zero attached hydrogens (tertiary/aromatic N) is 3.